The number of benzene rings is 1. The summed E-state index contributed by atoms with van der Waals surface area (Å²) in [5.41, 5.74) is 2.81. The smallest absolute Gasteiger partial charge is 0.257 e. The minimum Gasteiger partial charge on any atom is -0.361 e. The summed E-state index contributed by atoms with van der Waals surface area (Å²) in [4.78, 5) is 14.9. The highest BCUT2D eigenvalue weighted by Crippen LogP contribution is 2.39. The van der Waals surface area contributed by atoms with E-state index in [1.807, 2.05) is 38.1 Å². The summed E-state index contributed by atoms with van der Waals surface area (Å²) in [5.74, 6) is 0.150. The number of anilines is 1. The molecule has 0 aliphatic carbocycles. The summed E-state index contributed by atoms with van der Waals surface area (Å²) in [5, 5.41) is 8.37. The summed E-state index contributed by atoms with van der Waals surface area (Å²) in [6.45, 7) is 4.44. The molecule has 0 bridgehead atoms. The molecule has 0 saturated carbocycles. The van der Waals surface area contributed by atoms with Crippen molar-refractivity contribution in [1.82, 2.24) is 14.7 Å². The SMILES string of the molecule is CCCN1C(=O)c2ccccc2N[C@H]1c1c(C)nn([C@@H]2CCS(=O)(=O)C2)c1Cl. The van der Waals surface area contributed by atoms with Crippen molar-refractivity contribution in [2.75, 3.05) is 23.4 Å². The predicted molar refractivity (Wildman–Crippen MR) is 108 cm³/mol. The van der Waals surface area contributed by atoms with Gasteiger partial charge < -0.3 is 10.2 Å². The zero-order valence-corrected chi connectivity index (χ0v) is 17.4. The van der Waals surface area contributed by atoms with Gasteiger partial charge in [0.1, 0.15) is 11.3 Å². The zero-order valence-electron chi connectivity index (χ0n) is 15.9. The number of aryl methyl sites for hydroxylation is 1. The number of fused-ring (bicyclic) bond motifs is 1. The zero-order chi connectivity index (χ0) is 20.1. The second-order valence-electron chi connectivity index (χ2n) is 7.38. The number of amides is 1. The van der Waals surface area contributed by atoms with Crippen LogP contribution in [-0.2, 0) is 9.84 Å². The molecule has 2 aliphatic heterocycles. The third kappa shape index (κ3) is 3.18. The monoisotopic (exact) mass is 422 g/mol. The molecule has 150 valence electrons. The molecule has 0 spiro atoms. The Bertz CT molecular complexity index is 1030. The third-order valence-electron chi connectivity index (χ3n) is 5.39. The molecule has 1 fully saturated rings. The van der Waals surface area contributed by atoms with Crippen LogP contribution in [0.25, 0.3) is 0 Å². The molecule has 2 aliphatic rings. The van der Waals surface area contributed by atoms with Crippen LogP contribution in [0.3, 0.4) is 0 Å². The number of para-hydroxylation sites is 1. The Labute approximate surface area is 169 Å². The van der Waals surface area contributed by atoms with Gasteiger partial charge in [0.05, 0.1) is 34.4 Å². The van der Waals surface area contributed by atoms with Gasteiger partial charge in [-0.1, -0.05) is 30.7 Å². The molecule has 0 radical (unpaired) electrons. The molecule has 1 amide bonds. The third-order valence-corrected chi connectivity index (χ3v) is 7.51. The molecule has 2 aromatic rings. The van der Waals surface area contributed by atoms with E-state index in [4.69, 9.17) is 11.6 Å². The van der Waals surface area contributed by atoms with Gasteiger partial charge in [0.15, 0.2) is 9.84 Å². The number of nitrogens with zero attached hydrogens (tertiary/aromatic N) is 3. The number of hydrogen-bond donors (Lipinski definition) is 1. The lowest BCUT2D eigenvalue weighted by atomic mass is 10.0. The molecule has 28 heavy (non-hydrogen) atoms. The largest absolute Gasteiger partial charge is 0.361 e. The fraction of sp³-hybridized carbons (Fsp3) is 0.474. The average molecular weight is 423 g/mol. The predicted octanol–water partition coefficient (Wildman–Crippen LogP) is 3.18. The van der Waals surface area contributed by atoms with Gasteiger partial charge in [-0.15, -0.1) is 0 Å². The first kappa shape index (κ1) is 19.3. The van der Waals surface area contributed by atoms with E-state index in [1.165, 1.54) is 0 Å². The Hall–Kier alpha value is -2.06. The van der Waals surface area contributed by atoms with Gasteiger partial charge in [-0.2, -0.15) is 5.10 Å². The van der Waals surface area contributed by atoms with Crippen LogP contribution in [-0.4, -0.2) is 47.1 Å². The topological polar surface area (TPSA) is 84.3 Å². The van der Waals surface area contributed by atoms with Gasteiger partial charge in [-0.05, 0) is 31.9 Å². The van der Waals surface area contributed by atoms with Crippen molar-refractivity contribution in [2.24, 2.45) is 0 Å². The van der Waals surface area contributed by atoms with Crippen LogP contribution < -0.4 is 5.32 Å². The quantitative estimate of drug-likeness (QED) is 0.817. The standard InChI is InChI=1S/C19H23ClN4O3S/c1-3-9-23-18(21-15-7-5-4-6-14(15)19(23)25)16-12(2)22-24(17(16)20)13-8-10-28(26,27)11-13/h4-7,13,18,21H,3,8-11H2,1-2H3/t13-,18-/m1/s1. The second-order valence-corrected chi connectivity index (χ2v) is 9.97. The van der Waals surface area contributed by atoms with Gasteiger partial charge in [-0.3, -0.25) is 4.79 Å². The molecule has 1 saturated heterocycles. The second kappa shape index (κ2) is 7.08. The lowest BCUT2D eigenvalue weighted by Gasteiger charge is -2.38. The van der Waals surface area contributed by atoms with E-state index >= 15 is 0 Å². The first-order valence-corrected chi connectivity index (χ1v) is 11.6. The Balaban J connectivity index is 1.76. The molecular formula is C19H23ClN4O3S. The van der Waals surface area contributed by atoms with Crippen molar-refractivity contribution in [1.29, 1.82) is 0 Å². The number of aromatic nitrogens is 2. The van der Waals surface area contributed by atoms with Crippen molar-refractivity contribution in [3.05, 3.63) is 46.2 Å². The molecule has 1 aromatic carbocycles. The van der Waals surface area contributed by atoms with Gasteiger partial charge in [-0.25, -0.2) is 13.1 Å². The van der Waals surface area contributed by atoms with Crippen LogP contribution >= 0.6 is 11.6 Å². The van der Waals surface area contributed by atoms with Gasteiger partial charge >= 0.3 is 0 Å². The Kier molecular flexibility index (Phi) is 4.87. The number of hydrogen-bond acceptors (Lipinski definition) is 5. The first-order valence-electron chi connectivity index (χ1n) is 9.44. The van der Waals surface area contributed by atoms with E-state index in [2.05, 4.69) is 10.4 Å². The molecule has 1 aromatic heterocycles. The summed E-state index contributed by atoms with van der Waals surface area (Å²) in [6.07, 6.45) is 0.862. The number of sulfone groups is 1. The lowest BCUT2D eigenvalue weighted by Crippen LogP contribution is -2.43. The molecule has 1 N–H and O–H groups in total. The molecule has 9 heteroatoms. The molecule has 0 unspecified atom stereocenters. The van der Waals surface area contributed by atoms with Crippen molar-refractivity contribution >= 4 is 33.0 Å². The molecule has 2 atom stereocenters. The summed E-state index contributed by atoms with van der Waals surface area (Å²) in [7, 11) is -3.06. The van der Waals surface area contributed by atoms with Crippen LogP contribution in [0.5, 0.6) is 0 Å². The van der Waals surface area contributed by atoms with E-state index in [0.717, 1.165) is 17.7 Å². The summed E-state index contributed by atoms with van der Waals surface area (Å²) >= 11 is 6.70. The first-order chi connectivity index (χ1) is 13.3. The van der Waals surface area contributed by atoms with Crippen molar-refractivity contribution in [3.8, 4) is 0 Å². The van der Waals surface area contributed by atoms with E-state index in [9.17, 15) is 13.2 Å². The Morgan fingerprint density at radius 3 is 2.75 bits per heavy atom. The van der Waals surface area contributed by atoms with Crippen molar-refractivity contribution < 1.29 is 13.2 Å². The maximum atomic E-state index is 13.1. The lowest BCUT2D eigenvalue weighted by molar-refractivity contribution is 0.0683. The molecular weight excluding hydrogens is 400 g/mol. The minimum atomic E-state index is -3.06. The van der Waals surface area contributed by atoms with Gasteiger partial charge in [0.25, 0.3) is 5.91 Å². The van der Waals surface area contributed by atoms with Crippen LogP contribution in [0.2, 0.25) is 5.15 Å². The maximum Gasteiger partial charge on any atom is 0.257 e. The Morgan fingerprint density at radius 1 is 1.32 bits per heavy atom. The molecule has 4 rings (SSSR count). The summed E-state index contributed by atoms with van der Waals surface area (Å²) < 4.78 is 25.4. The average Bonchev–Trinajstić information content (AvgIpc) is 3.16. The minimum absolute atomic E-state index is 0.0474. The highest BCUT2D eigenvalue weighted by molar-refractivity contribution is 7.91. The van der Waals surface area contributed by atoms with E-state index < -0.39 is 16.0 Å². The molecule has 7 nitrogen and oxygen atoms in total. The van der Waals surface area contributed by atoms with E-state index in [1.54, 1.807) is 9.58 Å². The number of nitrogens with one attached hydrogen (secondary N) is 1. The van der Waals surface area contributed by atoms with E-state index in [0.29, 0.717) is 29.4 Å². The molecule has 3 heterocycles. The highest BCUT2D eigenvalue weighted by Gasteiger charge is 2.38. The van der Waals surface area contributed by atoms with Gasteiger partial charge in [0, 0.05) is 12.2 Å². The highest BCUT2D eigenvalue weighted by atomic mass is 35.5. The van der Waals surface area contributed by atoms with Crippen LogP contribution in [0.4, 0.5) is 5.69 Å². The van der Waals surface area contributed by atoms with Crippen LogP contribution in [0.15, 0.2) is 24.3 Å². The fourth-order valence-electron chi connectivity index (χ4n) is 4.05. The fourth-order valence-corrected chi connectivity index (χ4v) is 6.15. The van der Waals surface area contributed by atoms with Crippen molar-refractivity contribution in [3.63, 3.8) is 0 Å². The number of carbonyl (C=O) groups excluding carboxylic acids is 1. The summed E-state index contributed by atoms with van der Waals surface area (Å²) in [6, 6.07) is 7.15. The maximum absolute atomic E-state index is 13.1. The van der Waals surface area contributed by atoms with Crippen LogP contribution in [0.1, 0.15) is 53.6 Å². The van der Waals surface area contributed by atoms with E-state index in [-0.39, 0.29) is 23.5 Å². The number of carbonyl (C=O) groups is 1. The number of rotatable bonds is 4. The van der Waals surface area contributed by atoms with Gasteiger partial charge in [0.2, 0.25) is 0 Å². The Morgan fingerprint density at radius 2 is 2.07 bits per heavy atom. The number of halogens is 1. The van der Waals surface area contributed by atoms with Crippen molar-refractivity contribution in [2.45, 2.75) is 38.9 Å². The van der Waals surface area contributed by atoms with Crippen LogP contribution in [0, 0.1) is 6.92 Å². The normalized spacial score (nSPS) is 23.5.